The van der Waals surface area contributed by atoms with Gasteiger partial charge in [-0.25, -0.2) is 0 Å². The summed E-state index contributed by atoms with van der Waals surface area (Å²) >= 11 is 0. The van der Waals surface area contributed by atoms with Crippen LogP contribution in [0.15, 0.2) is 12.1 Å². The van der Waals surface area contributed by atoms with Gasteiger partial charge in [0.25, 0.3) is 0 Å². The maximum Gasteiger partial charge on any atom is 0.126 e. The van der Waals surface area contributed by atoms with Gasteiger partial charge in [0.2, 0.25) is 0 Å². The molecule has 0 spiro atoms. The van der Waals surface area contributed by atoms with E-state index in [1.807, 2.05) is 12.1 Å². The molecule has 90 valence electrons. The quantitative estimate of drug-likeness (QED) is 0.851. The molecule has 3 heteroatoms. The molecule has 0 heterocycles. The van der Waals surface area contributed by atoms with E-state index < -0.39 is 0 Å². The van der Waals surface area contributed by atoms with Crippen molar-refractivity contribution in [1.29, 1.82) is 0 Å². The van der Waals surface area contributed by atoms with Crippen molar-refractivity contribution in [2.45, 2.75) is 26.2 Å². The van der Waals surface area contributed by atoms with Gasteiger partial charge in [0.15, 0.2) is 0 Å². The molecule has 0 atom stereocenters. The summed E-state index contributed by atoms with van der Waals surface area (Å²) in [5.74, 6) is 1.65. The van der Waals surface area contributed by atoms with Crippen LogP contribution in [0.3, 0.4) is 0 Å². The zero-order chi connectivity index (χ0) is 12.3. The lowest BCUT2D eigenvalue weighted by atomic mass is 9.81. The van der Waals surface area contributed by atoms with Crippen LogP contribution >= 0.6 is 0 Å². The number of nitrogens with two attached hydrogens (primary N) is 1. The molecular weight excluding hydrogens is 202 g/mol. The fraction of sp³-hybridized carbons (Fsp3) is 0.538. The standard InChI is InChI=1S/C13H21NO2/c1-9-6-10(15-4)7-11(16-5)12(9)13(2,3)8-14/h6-7H,8,14H2,1-5H3. The number of rotatable bonds is 4. The minimum atomic E-state index is -0.0955. The first kappa shape index (κ1) is 12.8. The second kappa shape index (κ2) is 4.74. The first-order valence-electron chi connectivity index (χ1n) is 5.39. The number of hydrogen-bond acceptors (Lipinski definition) is 3. The van der Waals surface area contributed by atoms with Crippen LogP contribution in [0.4, 0.5) is 0 Å². The molecule has 0 unspecified atom stereocenters. The highest BCUT2D eigenvalue weighted by molar-refractivity contribution is 5.49. The van der Waals surface area contributed by atoms with Crippen molar-refractivity contribution >= 4 is 0 Å². The fourth-order valence-electron chi connectivity index (χ4n) is 1.97. The van der Waals surface area contributed by atoms with E-state index in [1.54, 1.807) is 14.2 Å². The topological polar surface area (TPSA) is 44.5 Å². The largest absolute Gasteiger partial charge is 0.497 e. The Hall–Kier alpha value is -1.22. The van der Waals surface area contributed by atoms with Gasteiger partial charge in [0, 0.05) is 23.6 Å². The van der Waals surface area contributed by atoms with Crippen molar-refractivity contribution in [1.82, 2.24) is 0 Å². The number of benzene rings is 1. The molecule has 0 saturated carbocycles. The molecule has 1 rings (SSSR count). The average molecular weight is 223 g/mol. The zero-order valence-electron chi connectivity index (χ0n) is 10.8. The molecule has 3 nitrogen and oxygen atoms in total. The van der Waals surface area contributed by atoms with Gasteiger partial charge in [-0.1, -0.05) is 13.8 Å². The molecule has 0 fully saturated rings. The van der Waals surface area contributed by atoms with E-state index in [0.717, 1.165) is 22.6 Å². The second-order valence-corrected chi connectivity index (χ2v) is 4.61. The summed E-state index contributed by atoms with van der Waals surface area (Å²) in [6.45, 7) is 6.86. The van der Waals surface area contributed by atoms with E-state index >= 15 is 0 Å². The van der Waals surface area contributed by atoms with E-state index in [9.17, 15) is 0 Å². The zero-order valence-corrected chi connectivity index (χ0v) is 10.8. The van der Waals surface area contributed by atoms with Crippen LogP contribution in [0, 0.1) is 6.92 Å². The summed E-state index contributed by atoms with van der Waals surface area (Å²) in [6.07, 6.45) is 0. The van der Waals surface area contributed by atoms with E-state index in [2.05, 4.69) is 20.8 Å². The van der Waals surface area contributed by atoms with Crippen LogP contribution in [0.5, 0.6) is 11.5 Å². The Labute approximate surface area is 97.6 Å². The lowest BCUT2D eigenvalue weighted by molar-refractivity contribution is 0.379. The fourth-order valence-corrected chi connectivity index (χ4v) is 1.97. The van der Waals surface area contributed by atoms with Crippen LogP contribution < -0.4 is 15.2 Å². The van der Waals surface area contributed by atoms with Crippen LogP contribution in [0.25, 0.3) is 0 Å². The first-order chi connectivity index (χ1) is 7.46. The molecule has 1 aromatic rings. The second-order valence-electron chi connectivity index (χ2n) is 4.61. The van der Waals surface area contributed by atoms with Crippen molar-refractivity contribution < 1.29 is 9.47 Å². The van der Waals surface area contributed by atoms with Gasteiger partial charge in [0.05, 0.1) is 14.2 Å². The third kappa shape index (κ3) is 2.30. The average Bonchev–Trinajstić information content (AvgIpc) is 2.27. The van der Waals surface area contributed by atoms with Gasteiger partial charge >= 0.3 is 0 Å². The minimum Gasteiger partial charge on any atom is -0.497 e. The maximum atomic E-state index is 5.81. The number of aryl methyl sites for hydroxylation is 1. The Morgan fingerprint density at radius 1 is 1.19 bits per heavy atom. The third-order valence-corrected chi connectivity index (χ3v) is 2.92. The van der Waals surface area contributed by atoms with Crippen molar-refractivity contribution in [3.05, 3.63) is 23.3 Å². The Balaban J connectivity index is 3.38. The van der Waals surface area contributed by atoms with Crippen LogP contribution in [0.1, 0.15) is 25.0 Å². The van der Waals surface area contributed by atoms with E-state index in [0.29, 0.717) is 6.54 Å². The summed E-state index contributed by atoms with van der Waals surface area (Å²) in [5.41, 5.74) is 8.02. The monoisotopic (exact) mass is 223 g/mol. The molecule has 0 aliphatic heterocycles. The SMILES string of the molecule is COc1cc(C)c(C(C)(C)CN)c(OC)c1. The van der Waals surface area contributed by atoms with Gasteiger partial charge in [-0.2, -0.15) is 0 Å². The normalized spacial score (nSPS) is 11.4. The van der Waals surface area contributed by atoms with Crippen LogP contribution in [0.2, 0.25) is 0 Å². The number of methoxy groups -OCH3 is 2. The van der Waals surface area contributed by atoms with Crippen LogP contribution in [-0.2, 0) is 5.41 Å². The minimum absolute atomic E-state index is 0.0955. The van der Waals surface area contributed by atoms with Gasteiger partial charge in [0.1, 0.15) is 11.5 Å². The summed E-state index contributed by atoms with van der Waals surface area (Å²) in [6, 6.07) is 3.91. The third-order valence-electron chi connectivity index (χ3n) is 2.92. The predicted molar refractivity (Wildman–Crippen MR) is 66.4 cm³/mol. The molecule has 0 amide bonds. The number of ether oxygens (including phenoxy) is 2. The Bertz CT molecular complexity index is 372. The highest BCUT2D eigenvalue weighted by Crippen LogP contribution is 2.36. The van der Waals surface area contributed by atoms with Crippen molar-refractivity contribution in [2.24, 2.45) is 5.73 Å². The predicted octanol–water partition coefficient (Wildman–Crippen LogP) is 2.25. The summed E-state index contributed by atoms with van der Waals surface area (Å²) in [7, 11) is 3.33. The molecule has 0 radical (unpaired) electrons. The van der Waals surface area contributed by atoms with Crippen molar-refractivity contribution in [3.8, 4) is 11.5 Å². The van der Waals surface area contributed by atoms with Gasteiger partial charge in [-0.05, 0) is 18.6 Å². The molecular formula is C13H21NO2. The van der Waals surface area contributed by atoms with Crippen LogP contribution in [-0.4, -0.2) is 20.8 Å². The highest BCUT2D eigenvalue weighted by atomic mass is 16.5. The van der Waals surface area contributed by atoms with Gasteiger partial charge < -0.3 is 15.2 Å². The van der Waals surface area contributed by atoms with E-state index in [1.165, 1.54) is 0 Å². The summed E-state index contributed by atoms with van der Waals surface area (Å²) in [4.78, 5) is 0. The molecule has 16 heavy (non-hydrogen) atoms. The molecule has 0 aliphatic carbocycles. The maximum absolute atomic E-state index is 5.81. The lowest BCUT2D eigenvalue weighted by Crippen LogP contribution is -2.29. The molecule has 0 bridgehead atoms. The van der Waals surface area contributed by atoms with Crippen molar-refractivity contribution in [2.75, 3.05) is 20.8 Å². The molecule has 0 aliphatic rings. The summed E-state index contributed by atoms with van der Waals surface area (Å²) in [5, 5.41) is 0. The molecule has 2 N–H and O–H groups in total. The smallest absolute Gasteiger partial charge is 0.126 e. The summed E-state index contributed by atoms with van der Waals surface area (Å²) < 4.78 is 10.6. The van der Waals surface area contributed by atoms with E-state index in [4.69, 9.17) is 15.2 Å². The Kier molecular flexibility index (Phi) is 3.81. The van der Waals surface area contributed by atoms with Gasteiger partial charge in [-0.15, -0.1) is 0 Å². The Morgan fingerprint density at radius 2 is 1.81 bits per heavy atom. The highest BCUT2D eigenvalue weighted by Gasteiger charge is 2.25. The Morgan fingerprint density at radius 3 is 2.25 bits per heavy atom. The van der Waals surface area contributed by atoms with E-state index in [-0.39, 0.29) is 5.41 Å². The van der Waals surface area contributed by atoms with Crippen molar-refractivity contribution in [3.63, 3.8) is 0 Å². The number of hydrogen-bond donors (Lipinski definition) is 1. The molecule has 0 aromatic heterocycles. The van der Waals surface area contributed by atoms with Gasteiger partial charge in [-0.3, -0.25) is 0 Å². The molecule has 1 aromatic carbocycles. The molecule has 0 saturated heterocycles. The lowest BCUT2D eigenvalue weighted by Gasteiger charge is -2.27. The first-order valence-corrected chi connectivity index (χ1v) is 5.39.